The van der Waals surface area contributed by atoms with Crippen molar-refractivity contribution < 1.29 is 8.42 Å². The van der Waals surface area contributed by atoms with E-state index >= 15 is 0 Å². The summed E-state index contributed by atoms with van der Waals surface area (Å²) in [7, 11) is -2.43. The Hall–Kier alpha value is -2.79. The molecule has 0 atom stereocenters. The van der Waals surface area contributed by atoms with Gasteiger partial charge >= 0.3 is 5.69 Å². The van der Waals surface area contributed by atoms with Gasteiger partial charge in [0.05, 0.1) is 17.6 Å². The van der Waals surface area contributed by atoms with Gasteiger partial charge in [-0.1, -0.05) is 0 Å². The van der Waals surface area contributed by atoms with Gasteiger partial charge in [-0.3, -0.25) is 14.8 Å². The van der Waals surface area contributed by atoms with E-state index in [9.17, 15) is 18.0 Å². The maximum absolute atomic E-state index is 12.9. The number of aromatic amines is 2. The summed E-state index contributed by atoms with van der Waals surface area (Å²) in [5.74, 6) is 0.977. The highest BCUT2D eigenvalue weighted by Crippen LogP contribution is 2.19. The Balaban J connectivity index is 1.66. The Morgan fingerprint density at radius 2 is 2.07 bits per heavy atom. The number of H-pyrrole nitrogens is 2. The van der Waals surface area contributed by atoms with E-state index in [1.54, 1.807) is 0 Å². The summed E-state index contributed by atoms with van der Waals surface area (Å²) in [6.07, 6.45) is 6.09. The molecule has 2 N–H and O–H groups in total. The third kappa shape index (κ3) is 3.19. The largest absolute Gasteiger partial charge is 0.335 e. The van der Waals surface area contributed by atoms with Crippen LogP contribution in [-0.2, 0) is 29.5 Å². The average molecular weight is 390 g/mol. The molecule has 1 aliphatic rings. The van der Waals surface area contributed by atoms with Crippen LogP contribution < -0.4 is 11.2 Å². The first-order chi connectivity index (χ1) is 12.8. The molecular weight excluding hydrogens is 372 g/mol. The number of fused-ring (bicyclic) bond motifs is 2. The van der Waals surface area contributed by atoms with E-state index in [2.05, 4.69) is 24.5 Å². The predicted octanol–water partition coefficient (Wildman–Crippen LogP) is -0.0351. The summed E-state index contributed by atoms with van der Waals surface area (Å²) in [5.41, 5.74) is -0.680. The van der Waals surface area contributed by atoms with Gasteiger partial charge in [-0.05, 0) is 18.9 Å². The van der Waals surface area contributed by atoms with Crippen LogP contribution in [0.25, 0.3) is 11.0 Å². The highest BCUT2D eigenvalue weighted by atomic mass is 32.2. The molecule has 3 aromatic rings. The van der Waals surface area contributed by atoms with Gasteiger partial charge in [0.25, 0.3) is 5.56 Å². The second-order valence-electron chi connectivity index (χ2n) is 6.54. The van der Waals surface area contributed by atoms with Crippen LogP contribution in [0.5, 0.6) is 0 Å². The Bertz CT molecular complexity index is 1220. The second kappa shape index (κ2) is 6.43. The maximum Gasteiger partial charge on any atom is 0.327 e. The molecule has 0 unspecified atom stereocenters. The molecule has 0 aliphatic carbocycles. The lowest BCUT2D eigenvalue weighted by molar-refractivity contribution is 0.462. The summed E-state index contributed by atoms with van der Waals surface area (Å²) in [5, 5.41) is 0.00142. The number of aromatic nitrogens is 5. The first-order valence-electron chi connectivity index (χ1n) is 8.48. The zero-order valence-electron chi connectivity index (χ0n) is 14.6. The minimum absolute atomic E-state index is 0.00142. The zero-order chi connectivity index (χ0) is 19.2. The molecule has 0 saturated heterocycles. The van der Waals surface area contributed by atoms with Crippen molar-refractivity contribution >= 4 is 21.1 Å². The van der Waals surface area contributed by atoms with Crippen molar-refractivity contribution in [3.63, 3.8) is 0 Å². The average Bonchev–Trinajstić information content (AvgIpc) is 3.03. The van der Waals surface area contributed by atoms with Crippen LogP contribution in [0.15, 0.2) is 32.9 Å². The molecule has 0 saturated carbocycles. The maximum atomic E-state index is 12.9. The summed E-state index contributed by atoms with van der Waals surface area (Å²) in [4.78, 5) is 35.9. The molecule has 0 bridgehead atoms. The van der Waals surface area contributed by atoms with Crippen molar-refractivity contribution in [2.45, 2.75) is 37.2 Å². The highest BCUT2D eigenvalue weighted by molar-refractivity contribution is 7.89. The van der Waals surface area contributed by atoms with Crippen LogP contribution in [-0.4, -0.2) is 44.3 Å². The Kier molecular flexibility index (Phi) is 4.19. The number of hydrogen-bond acceptors (Lipinski definition) is 6. The smallest absolute Gasteiger partial charge is 0.327 e. The molecule has 0 spiro atoms. The first kappa shape index (κ1) is 17.6. The fraction of sp³-hybridized carbons (Fsp3) is 0.375. The number of imidazole rings is 1. The van der Waals surface area contributed by atoms with E-state index in [0.29, 0.717) is 5.69 Å². The third-order valence-corrected chi connectivity index (χ3v) is 6.39. The topological polar surface area (TPSA) is 134 Å². The van der Waals surface area contributed by atoms with Crippen molar-refractivity contribution in [3.8, 4) is 0 Å². The van der Waals surface area contributed by atoms with Crippen LogP contribution >= 0.6 is 0 Å². The van der Waals surface area contributed by atoms with E-state index in [-0.39, 0.29) is 22.5 Å². The van der Waals surface area contributed by atoms with E-state index in [1.807, 2.05) is 6.20 Å². The van der Waals surface area contributed by atoms with Crippen LogP contribution in [0.1, 0.15) is 24.4 Å². The van der Waals surface area contributed by atoms with Crippen molar-refractivity contribution in [2.24, 2.45) is 0 Å². The molecule has 4 heterocycles. The highest BCUT2D eigenvalue weighted by Gasteiger charge is 2.24. The first-order valence-corrected chi connectivity index (χ1v) is 9.92. The molecule has 4 rings (SSSR count). The summed E-state index contributed by atoms with van der Waals surface area (Å²) in [6.45, 7) is 1.01. The van der Waals surface area contributed by atoms with Crippen molar-refractivity contribution in [1.82, 2.24) is 28.8 Å². The van der Waals surface area contributed by atoms with Gasteiger partial charge in [-0.25, -0.2) is 23.2 Å². The molecule has 0 aromatic carbocycles. The van der Waals surface area contributed by atoms with E-state index in [4.69, 9.17) is 0 Å². The van der Waals surface area contributed by atoms with Gasteiger partial charge in [-0.2, -0.15) is 4.31 Å². The molecule has 0 fully saturated rings. The van der Waals surface area contributed by atoms with Crippen LogP contribution in [0, 0.1) is 0 Å². The van der Waals surface area contributed by atoms with Crippen LogP contribution in [0.4, 0.5) is 0 Å². The molecule has 0 amide bonds. The molecular formula is C16H18N6O4S. The normalized spacial score (nSPS) is 14.6. The number of nitrogens with one attached hydrogen (secondary N) is 2. The number of aryl methyl sites for hydroxylation is 2. The summed E-state index contributed by atoms with van der Waals surface area (Å²) in [6, 6.07) is 1.21. The fourth-order valence-electron chi connectivity index (χ4n) is 3.21. The standard InChI is InChI=1S/C16H18N6O4S/c1-21(8-10-9-22-5-3-2-4-13(22)18-10)27(25,26)11-6-12-14(17-7-11)19-16(24)20-15(12)23/h6-7,9H,2-5,8H2,1H3,(H2,17,19,20,23,24). The van der Waals surface area contributed by atoms with Gasteiger partial charge in [0.15, 0.2) is 0 Å². The SMILES string of the molecule is CN(Cc1cn2c(n1)CCCC2)S(=O)(=O)c1cnc2[nH]c(=O)[nH]c(=O)c2c1. The minimum Gasteiger partial charge on any atom is -0.335 e. The van der Waals surface area contributed by atoms with Gasteiger partial charge in [0.2, 0.25) is 10.0 Å². The second-order valence-corrected chi connectivity index (χ2v) is 8.58. The van der Waals surface area contributed by atoms with Gasteiger partial charge in [0.1, 0.15) is 16.4 Å². The van der Waals surface area contributed by atoms with Crippen molar-refractivity contribution in [3.05, 3.63) is 50.8 Å². The van der Waals surface area contributed by atoms with Crippen molar-refractivity contribution in [1.29, 1.82) is 0 Å². The molecule has 0 radical (unpaired) electrons. The molecule has 10 nitrogen and oxygen atoms in total. The van der Waals surface area contributed by atoms with Gasteiger partial charge < -0.3 is 4.57 Å². The monoisotopic (exact) mass is 390 g/mol. The lowest BCUT2D eigenvalue weighted by Crippen LogP contribution is -2.27. The van der Waals surface area contributed by atoms with Crippen LogP contribution in [0.2, 0.25) is 0 Å². The predicted molar refractivity (Wildman–Crippen MR) is 96.8 cm³/mol. The molecule has 27 heavy (non-hydrogen) atoms. The zero-order valence-corrected chi connectivity index (χ0v) is 15.4. The van der Waals surface area contributed by atoms with E-state index < -0.39 is 21.3 Å². The Labute approximate surface area is 153 Å². The Morgan fingerprint density at radius 1 is 1.26 bits per heavy atom. The van der Waals surface area contributed by atoms with Gasteiger partial charge in [-0.15, -0.1) is 0 Å². The fourth-order valence-corrected chi connectivity index (χ4v) is 4.32. The number of pyridine rings is 1. The lowest BCUT2D eigenvalue weighted by Gasteiger charge is -2.16. The third-order valence-electron chi connectivity index (χ3n) is 4.62. The van der Waals surface area contributed by atoms with Gasteiger partial charge in [0, 0.05) is 32.4 Å². The minimum atomic E-state index is -3.88. The number of rotatable bonds is 4. The van der Waals surface area contributed by atoms with E-state index in [1.165, 1.54) is 17.4 Å². The molecule has 1 aliphatic heterocycles. The lowest BCUT2D eigenvalue weighted by atomic mass is 10.2. The molecule has 11 heteroatoms. The quantitative estimate of drug-likeness (QED) is 0.642. The Morgan fingerprint density at radius 3 is 2.85 bits per heavy atom. The molecule has 142 valence electrons. The summed E-state index contributed by atoms with van der Waals surface area (Å²) < 4.78 is 29.0. The van der Waals surface area contributed by atoms with Crippen LogP contribution in [0.3, 0.4) is 0 Å². The summed E-state index contributed by atoms with van der Waals surface area (Å²) >= 11 is 0. The molecule has 3 aromatic heterocycles. The number of hydrogen-bond donors (Lipinski definition) is 2. The number of sulfonamides is 1. The number of nitrogens with zero attached hydrogens (tertiary/aromatic N) is 4. The van der Waals surface area contributed by atoms with E-state index in [0.717, 1.165) is 37.8 Å². The van der Waals surface area contributed by atoms with Crippen molar-refractivity contribution in [2.75, 3.05) is 7.05 Å².